The monoisotopic (exact) mass is 361 g/mol. The van der Waals surface area contributed by atoms with E-state index in [1.807, 2.05) is 12.1 Å². The zero-order chi connectivity index (χ0) is 18.4. The number of carbonyl (C=O) groups excluding carboxylic acids is 1. The van der Waals surface area contributed by atoms with E-state index in [0.717, 1.165) is 38.9 Å². The number of β-amino-alcohol motifs (C(OH)–C–C–N with tert-alkyl or cyclic N) is 1. The molecule has 144 valence electrons. The number of rotatable bonds is 6. The van der Waals surface area contributed by atoms with E-state index in [1.165, 1.54) is 11.1 Å². The third kappa shape index (κ3) is 5.27. The van der Waals surface area contributed by atoms with E-state index in [9.17, 15) is 15.0 Å². The van der Waals surface area contributed by atoms with Crippen molar-refractivity contribution in [3.05, 3.63) is 35.4 Å². The molecule has 0 radical (unpaired) electrons. The van der Waals surface area contributed by atoms with Crippen molar-refractivity contribution in [2.45, 2.75) is 37.8 Å². The normalized spacial score (nSPS) is 23.1. The molecule has 1 amide bonds. The Labute approximate surface area is 155 Å². The van der Waals surface area contributed by atoms with Gasteiger partial charge in [0.15, 0.2) is 0 Å². The van der Waals surface area contributed by atoms with E-state index in [0.29, 0.717) is 18.9 Å². The predicted octanol–water partition coefficient (Wildman–Crippen LogP) is -0.0752. The fourth-order valence-electron chi connectivity index (χ4n) is 3.91. The zero-order valence-corrected chi connectivity index (χ0v) is 15.4. The molecule has 1 fully saturated rings. The van der Waals surface area contributed by atoms with Gasteiger partial charge in [0.1, 0.15) is 0 Å². The van der Waals surface area contributed by atoms with Gasteiger partial charge >= 0.3 is 0 Å². The van der Waals surface area contributed by atoms with Crippen LogP contribution in [0.3, 0.4) is 0 Å². The van der Waals surface area contributed by atoms with Crippen LogP contribution in [0.1, 0.15) is 24.0 Å². The Morgan fingerprint density at radius 1 is 1.27 bits per heavy atom. The van der Waals surface area contributed by atoms with Gasteiger partial charge in [-0.2, -0.15) is 0 Å². The molecule has 1 saturated heterocycles. The Kier molecular flexibility index (Phi) is 7.02. The van der Waals surface area contributed by atoms with Gasteiger partial charge in [0.25, 0.3) is 0 Å². The number of hydrogen-bond donors (Lipinski definition) is 4. The number of fused-ring (bicyclic) bond motifs is 1. The van der Waals surface area contributed by atoms with Gasteiger partial charge in [-0.25, -0.2) is 0 Å². The summed E-state index contributed by atoms with van der Waals surface area (Å²) in [4.78, 5) is 14.7. The van der Waals surface area contributed by atoms with Crippen molar-refractivity contribution in [1.29, 1.82) is 0 Å². The summed E-state index contributed by atoms with van der Waals surface area (Å²) in [6, 6.07) is 8.03. The minimum absolute atomic E-state index is 0.0419. The summed E-state index contributed by atoms with van der Waals surface area (Å²) >= 11 is 0. The highest BCUT2D eigenvalue weighted by atomic mass is 16.3. The Morgan fingerprint density at radius 3 is 2.73 bits per heavy atom. The average molecular weight is 361 g/mol. The van der Waals surface area contributed by atoms with E-state index in [1.54, 1.807) is 0 Å². The maximum Gasteiger partial charge on any atom is 0.237 e. The van der Waals surface area contributed by atoms with Crippen LogP contribution in [0.15, 0.2) is 24.3 Å². The van der Waals surface area contributed by atoms with Crippen LogP contribution in [0.2, 0.25) is 0 Å². The van der Waals surface area contributed by atoms with Gasteiger partial charge in [-0.3, -0.25) is 4.79 Å². The molecule has 0 spiro atoms. The Morgan fingerprint density at radius 2 is 2.00 bits per heavy atom. The fourth-order valence-corrected chi connectivity index (χ4v) is 3.91. The first kappa shape index (κ1) is 19.3. The zero-order valence-electron chi connectivity index (χ0n) is 15.4. The molecule has 1 aromatic rings. The first-order valence-corrected chi connectivity index (χ1v) is 9.75. The van der Waals surface area contributed by atoms with Crippen molar-refractivity contribution >= 4 is 5.91 Å². The second-order valence-corrected chi connectivity index (χ2v) is 7.56. The van der Waals surface area contributed by atoms with Gasteiger partial charge in [-0.05, 0) is 62.4 Å². The molecule has 1 unspecified atom stereocenters. The summed E-state index contributed by atoms with van der Waals surface area (Å²) in [7, 11) is 0. The number of amides is 1. The first-order chi connectivity index (χ1) is 12.7. The molecule has 2 atom stereocenters. The lowest BCUT2D eigenvalue weighted by molar-refractivity contribution is -0.123. The van der Waals surface area contributed by atoms with Crippen LogP contribution < -0.4 is 10.6 Å². The Hall–Kier alpha value is -1.47. The number of carbonyl (C=O) groups is 1. The smallest absolute Gasteiger partial charge is 0.237 e. The van der Waals surface area contributed by atoms with Crippen molar-refractivity contribution in [2.75, 3.05) is 39.3 Å². The summed E-state index contributed by atoms with van der Waals surface area (Å²) in [6.07, 6.45) is 3.00. The molecule has 2 aliphatic heterocycles. The summed E-state index contributed by atoms with van der Waals surface area (Å²) in [5, 5.41) is 25.7. The molecule has 2 heterocycles. The van der Waals surface area contributed by atoms with Gasteiger partial charge in [-0.15, -0.1) is 0 Å². The Balaban J connectivity index is 1.42. The molecule has 6 heteroatoms. The van der Waals surface area contributed by atoms with Gasteiger partial charge in [0.05, 0.1) is 12.1 Å². The average Bonchev–Trinajstić information content (AvgIpc) is 2.89. The lowest BCUT2D eigenvalue weighted by Crippen LogP contribution is -2.49. The van der Waals surface area contributed by atoms with Crippen molar-refractivity contribution < 1.29 is 15.0 Å². The molecule has 2 aliphatic rings. The molecule has 26 heavy (non-hydrogen) atoms. The van der Waals surface area contributed by atoms with E-state index in [-0.39, 0.29) is 25.1 Å². The minimum Gasteiger partial charge on any atom is -0.396 e. The van der Waals surface area contributed by atoms with Crippen LogP contribution in [0.5, 0.6) is 0 Å². The topological polar surface area (TPSA) is 84.8 Å². The van der Waals surface area contributed by atoms with Crippen LogP contribution in [-0.4, -0.2) is 72.5 Å². The van der Waals surface area contributed by atoms with Crippen LogP contribution in [0.4, 0.5) is 0 Å². The quantitative estimate of drug-likeness (QED) is 0.570. The molecule has 0 saturated carbocycles. The van der Waals surface area contributed by atoms with Crippen LogP contribution in [0, 0.1) is 5.92 Å². The minimum atomic E-state index is -0.567. The number of benzene rings is 1. The van der Waals surface area contributed by atoms with Crippen molar-refractivity contribution in [3.8, 4) is 0 Å². The number of hydrogen-bond acceptors (Lipinski definition) is 5. The number of aliphatic hydroxyl groups excluding tert-OH is 2. The van der Waals surface area contributed by atoms with E-state index in [2.05, 4.69) is 27.7 Å². The Bertz CT molecular complexity index is 587. The molecular formula is C20H31N3O3. The predicted molar refractivity (Wildman–Crippen MR) is 101 cm³/mol. The van der Waals surface area contributed by atoms with E-state index >= 15 is 0 Å². The van der Waals surface area contributed by atoms with E-state index in [4.69, 9.17) is 0 Å². The molecule has 3 rings (SSSR count). The molecule has 0 bridgehead atoms. The molecule has 0 aromatic heterocycles. The maximum absolute atomic E-state index is 12.5. The maximum atomic E-state index is 12.5. The molecule has 6 nitrogen and oxygen atoms in total. The van der Waals surface area contributed by atoms with Crippen LogP contribution >= 0.6 is 0 Å². The molecule has 0 aliphatic carbocycles. The lowest BCUT2D eigenvalue weighted by Gasteiger charge is -2.32. The highest BCUT2D eigenvalue weighted by Gasteiger charge is 2.24. The second-order valence-electron chi connectivity index (χ2n) is 7.56. The lowest BCUT2D eigenvalue weighted by atomic mass is 9.98. The van der Waals surface area contributed by atoms with Crippen molar-refractivity contribution in [1.82, 2.24) is 15.5 Å². The third-order valence-corrected chi connectivity index (χ3v) is 5.59. The molecular weight excluding hydrogens is 330 g/mol. The van der Waals surface area contributed by atoms with Crippen LogP contribution in [-0.2, 0) is 17.6 Å². The molecule has 1 aromatic carbocycles. The van der Waals surface area contributed by atoms with Gasteiger partial charge in [0.2, 0.25) is 5.91 Å². The summed E-state index contributed by atoms with van der Waals surface area (Å²) in [5.74, 6) is 0.354. The standard InChI is InChI=1S/C20H31N3O3/c24-14-15-6-9-23(10-7-15)13-18(25)12-22-20(26)19-11-17-4-2-1-3-16(17)5-8-21-19/h1-4,15,18-19,21,24-25H,5-14H2,(H,22,26)/t18-,19?/m1/s1. The number of piperidine rings is 1. The summed E-state index contributed by atoms with van der Waals surface area (Å²) in [5.41, 5.74) is 2.53. The largest absolute Gasteiger partial charge is 0.396 e. The van der Waals surface area contributed by atoms with Gasteiger partial charge in [-0.1, -0.05) is 24.3 Å². The third-order valence-electron chi connectivity index (χ3n) is 5.59. The van der Waals surface area contributed by atoms with Crippen molar-refractivity contribution in [3.63, 3.8) is 0 Å². The fraction of sp³-hybridized carbons (Fsp3) is 0.650. The highest BCUT2D eigenvalue weighted by molar-refractivity contribution is 5.82. The van der Waals surface area contributed by atoms with E-state index < -0.39 is 6.10 Å². The number of aliphatic hydroxyl groups is 2. The van der Waals surface area contributed by atoms with Gasteiger partial charge in [0, 0.05) is 19.7 Å². The number of likely N-dealkylation sites (tertiary alicyclic amines) is 1. The van der Waals surface area contributed by atoms with Crippen LogP contribution in [0.25, 0.3) is 0 Å². The van der Waals surface area contributed by atoms with Gasteiger partial charge < -0.3 is 25.7 Å². The number of nitrogens with one attached hydrogen (secondary N) is 2. The summed E-state index contributed by atoms with van der Waals surface area (Å²) < 4.78 is 0. The SMILES string of the molecule is O=C(NC[C@@H](O)CN1CCC(CO)CC1)C1Cc2ccccc2CCN1. The molecule has 4 N–H and O–H groups in total. The first-order valence-electron chi connectivity index (χ1n) is 9.75. The van der Waals surface area contributed by atoms with Crippen molar-refractivity contribution in [2.24, 2.45) is 5.92 Å². The second kappa shape index (κ2) is 9.46. The number of nitrogens with zero attached hydrogens (tertiary/aromatic N) is 1. The highest BCUT2D eigenvalue weighted by Crippen LogP contribution is 2.17. The summed E-state index contributed by atoms with van der Waals surface area (Å²) in [6.45, 7) is 3.69.